The fourth-order valence-electron chi connectivity index (χ4n) is 1.97. The van der Waals surface area contributed by atoms with E-state index in [0.29, 0.717) is 0 Å². The number of carboxylic acid groups (broad SMARTS) is 1. The van der Waals surface area contributed by atoms with Gasteiger partial charge in [0.2, 0.25) is 0 Å². The molecule has 3 unspecified atom stereocenters. The van der Waals surface area contributed by atoms with E-state index in [2.05, 4.69) is 5.32 Å². The Morgan fingerprint density at radius 3 is 2.79 bits per heavy atom. The standard InChI is InChI=1S/C9H18N2O3/c10-4-8(9(13)14)11-7-3-1-2-6(7)5-12/h6-8,11-12H,1-5,10H2,(H,13,14). The summed E-state index contributed by atoms with van der Waals surface area (Å²) < 4.78 is 0. The summed E-state index contributed by atoms with van der Waals surface area (Å²) in [5, 5.41) is 20.8. The van der Waals surface area contributed by atoms with E-state index in [9.17, 15) is 4.79 Å². The van der Waals surface area contributed by atoms with Crippen molar-refractivity contribution < 1.29 is 15.0 Å². The average molecular weight is 202 g/mol. The highest BCUT2D eigenvalue weighted by atomic mass is 16.4. The number of carboxylic acids is 1. The number of rotatable bonds is 5. The highest BCUT2D eigenvalue weighted by Crippen LogP contribution is 2.25. The molecule has 0 aromatic rings. The van der Waals surface area contributed by atoms with Crippen LogP contribution in [0.3, 0.4) is 0 Å². The molecule has 0 aromatic carbocycles. The molecule has 1 rings (SSSR count). The molecule has 0 amide bonds. The molecule has 3 atom stereocenters. The van der Waals surface area contributed by atoms with Crippen molar-refractivity contribution in [3.63, 3.8) is 0 Å². The first-order valence-electron chi connectivity index (χ1n) is 4.98. The molecule has 14 heavy (non-hydrogen) atoms. The van der Waals surface area contributed by atoms with Crippen LogP contribution in [0.15, 0.2) is 0 Å². The summed E-state index contributed by atoms with van der Waals surface area (Å²) in [6.07, 6.45) is 2.93. The third-order valence-electron chi connectivity index (χ3n) is 2.84. The molecule has 0 radical (unpaired) electrons. The zero-order chi connectivity index (χ0) is 10.6. The van der Waals surface area contributed by atoms with Crippen LogP contribution in [0, 0.1) is 5.92 Å². The molecule has 0 aromatic heterocycles. The zero-order valence-corrected chi connectivity index (χ0v) is 8.15. The van der Waals surface area contributed by atoms with E-state index < -0.39 is 12.0 Å². The van der Waals surface area contributed by atoms with E-state index in [4.69, 9.17) is 15.9 Å². The van der Waals surface area contributed by atoms with Crippen LogP contribution in [-0.4, -0.2) is 41.4 Å². The predicted molar refractivity (Wildman–Crippen MR) is 51.8 cm³/mol. The maximum atomic E-state index is 10.7. The summed E-state index contributed by atoms with van der Waals surface area (Å²) in [5.41, 5.74) is 5.33. The van der Waals surface area contributed by atoms with Crippen LogP contribution in [-0.2, 0) is 4.79 Å². The van der Waals surface area contributed by atoms with Gasteiger partial charge in [-0.1, -0.05) is 6.42 Å². The number of aliphatic hydroxyl groups excluding tert-OH is 1. The Labute approximate surface area is 83.3 Å². The second-order valence-electron chi connectivity index (χ2n) is 3.77. The van der Waals surface area contributed by atoms with Crippen molar-refractivity contribution in [1.82, 2.24) is 5.32 Å². The van der Waals surface area contributed by atoms with Crippen molar-refractivity contribution in [2.24, 2.45) is 11.7 Å². The molecule has 1 aliphatic rings. The van der Waals surface area contributed by atoms with Gasteiger partial charge in [0.1, 0.15) is 6.04 Å². The van der Waals surface area contributed by atoms with E-state index in [1.54, 1.807) is 0 Å². The third-order valence-corrected chi connectivity index (χ3v) is 2.84. The summed E-state index contributed by atoms with van der Waals surface area (Å²) in [5.74, 6) is -0.737. The van der Waals surface area contributed by atoms with E-state index >= 15 is 0 Å². The summed E-state index contributed by atoms with van der Waals surface area (Å²) >= 11 is 0. The molecule has 1 saturated carbocycles. The third kappa shape index (κ3) is 2.67. The Kier molecular flexibility index (Phi) is 4.31. The van der Waals surface area contributed by atoms with E-state index in [1.165, 1.54) is 0 Å². The van der Waals surface area contributed by atoms with Gasteiger partial charge in [0.25, 0.3) is 0 Å². The zero-order valence-electron chi connectivity index (χ0n) is 8.15. The van der Waals surface area contributed by atoms with E-state index in [0.717, 1.165) is 19.3 Å². The normalized spacial score (nSPS) is 29.0. The van der Waals surface area contributed by atoms with Gasteiger partial charge in [-0.3, -0.25) is 4.79 Å². The summed E-state index contributed by atoms with van der Waals surface area (Å²) in [6.45, 7) is 0.207. The molecule has 1 aliphatic carbocycles. The molecule has 0 bridgehead atoms. The van der Waals surface area contributed by atoms with Crippen LogP contribution in [0.2, 0.25) is 0 Å². The predicted octanol–water partition coefficient (Wildman–Crippen LogP) is -0.851. The van der Waals surface area contributed by atoms with Gasteiger partial charge in [0, 0.05) is 19.2 Å². The lowest BCUT2D eigenvalue weighted by Gasteiger charge is -2.22. The quantitative estimate of drug-likeness (QED) is 0.466. The molecule has 0 heterocycles. The molecule has 0 spiro atoms. The molecule has 1 fully saturated rings. The van der Waals surface area contributed by atoms with Crippen LogP contribution >= 0.6 is 0 Å². The molecule has 5 nitrogen and oxygen atoms in total. The van der Waals surface area contributed by atoms with Crippen LogP contribution in [0.5, 0.6) is 0 Å². The lowest BCUT2D eigenvalue weighted by atomic mass is 10.0. The fraction of sp³-hybridized carbons (Fsp3) is 0.889. The smallest absolute Gasteiger partial charge is 0.322 e. The molecule has 5 N–H and O–H groups in total. The van der Waals surface area contributed by atoms with Crippen molar-refractivity contribution in [3.8, 4) is 0 Å². The van der Waals surface area contributed by atoms with Gasteiger partial charge in [-0.25, -0.2) is 0 Å². The number of hydrogen-bond acceptors (Lipinski definition) is 4. The Morgan fingerprint density at radius 1 is 1.57 bits per heavy atom. The minimum Gasteiger partial charge on any atom is -0.480 e. The Bertz CT molecular complexity index is 198. The lowest BCUT2D eigenvalue weighted by Crippen LogP contribution is -2.49. The maximum absolute atomic E-state index is 10.7. The van der Waals surface area contributed by atoms with Crippen LogP contribution in [0.25, 0.3) is 0 Å². The van der Waals surface area contributed by atoms with E-state index in [1.807, 2.05) is 0 Å². The minimum absolute atomic E-state index is 0.0873. The Morgan fingerprint density at radius 2 is 2.29 bits per heavy atom. The molecule has 82 valence electrons. The topological polar surface area (TPSA) is 95.6 Å². The molecule has 5 heteroatoms. The first kappa shape index (κ1) is 11.4. The fourth-order valence-corrected chi connectivity index (χ4v) is 1.97. The van der Waals surface area contributed by atoms with Crippen LogP contribution in [0.1, 0.15) is 19.3 Å². The van der Waals surface area contributed by atoms with Gasteiger partial charge in [-0.05, 0) is 18.8 Å². The minimum atomic E-state index is -0.920. The second-order valence-corrected chi connectivity index (χ2v) is 3.77. The average Bonchev–Trinajstić information content (AvgIpc) is 2.60. The Balaban J connectivity index is 2.45. The molecule has 0 aliphatic heterocycles. The highest BCUT2D eigenvalue weighted by Gasteiger charge is 2.29. The maximum Gasteiger partial charge on any atom is 0.322 e. The number of nitrogens with one attached hydrogen (secondary N) is 1. The van der Waals surface area contributed by atoms with Crippen molar-refractivity contribution >= 4 is 5.97 Å². The molecular weight excluding hydrogens is 184 g/mol. The SMILES string of the molecule is NCC(NC1CCCC1CO)C(=O)O. The number of aliphatic hydroxyl groups is 1. The number of hydrogen-bond donors (Lipinski definition) is 4. The summed E-state index contributed by atoms with van der Waals surface area (Å²) in [7, 11) is 0. The highest BCUT2D eigenvalue weighted by molar-refractivity contribution is 5.73. The monoisotopic (exact) mass is 202 g/mol. The van der Waals surface area contributed by atoms with Crippen molar-refractivity contribution in [1.29, 1.82) is 0 Å². The van der Waals surface area contributed by atoms with Gasteiger partial charge < -0.3 is 21.3 Å². The van der Waals surface area contributed by atoms with Gasteiger partial charge in [0.05, 0.1) is 0 Å². The van der Waals surface area contributed by atoms with Crippen molar-refractivity contribution in [2.75, 3.05) is 13.2 Å². The largest absolute Gasteiger partial charge is 0.480 e. The van der Waals surface area contributed by atoms with Crippen molar-refractivity contribution in [2.45, 2.75) is 31.3 Å². The Hall–Kier alpha value is -0.650. The first-order valence-corrected chi connectivity index (χ1v) is 4.98. The number of aliphatic carboxylic acids is 1. The van der Waals surface area contributed by atoms with Gasteiger partial charge in [-0.2, -0.15) is 0 Å². The molecular formula is C9H18N2O3. The van der Waals surface area contributed by atoms with Crippen LogP contribution in [0.4, 0.5) is 0 Å². The van der Waals surface area contributed by atoms with Crippen molar-refractivity contribution in [3.05, 3.63) is 0 Å². The second kappa shape index (κ2) is 5.29. The van der Waals surface area contributed by atoms with Crippen LogP contribution < -0.4 is 11.1 Å². The summed E-state index contributed by atoms with van der Waals surface area (Å²) in [6, 6.07) is -0.586. The number of carbonyl (C=O) groups is 1. The summed E-state index contributed by atoms with van der Waals surface area (Å²) in [4.78, 5) is 10.7. The lowest BCUT2D eigenvalue weighted by molar-refractivity contribution is -0.139. The van der Waals surface area contributed by atoms with Gasteiger partial charge in [0.15, 0.2) is 0 Å². The number of nitrogens with two attached hydrogens (primary N) is 1. The molecule has 0 saturated heterocycles. The first-order chi connectivity index (χ1) is 6.69. The van der Waals surface area contributed by atoms with E-state index in [-0.39, 0.29) is 25.1 Å². The van der Waals surface area contributed by atoms with Gasteiger partial charge >= 0.3 is 5.97 Å². The van der Waals surface area contributed by atoms with Gasteiger partial charge in [-0.15, -0.1) is 0 Å².